The zero-order chi connectivity index (χ0) is 9.97. The van der Waals surface area contributed by atoms with Crippen molar-refractivity contribution in [3.63, 3.8) is 0 Å². The molecule has 82 valence electrons. The number of aliphatic hydroxyl groups excluding tert-OH is 1. The molecule has 1 aliphatic carbocycles. The summed E-state index contributed by atoms with van der Waals surface area (Å²) in [7, 11) is 2.22. The van der Waals surface area contributed by atoms with Crippen LogP contribution in [-0.2, 0) is 0 Å². The van der Waals surface area contributed by atoms with Crippen LogP contribution in [0.25, 0.3) is 0 Å². The summed E-state index contributed by atoms with van der Waals surface area (Å²) in [4.78, 5) is 2.44. The monoisotopic (exact) mass is 197 g/mol. The summed E-state index contributed by atoms with van der Waals surface area (Å²) in [6.45, 7) is 2.56. The number of likely N-dealkylation sites (tertiary alicyclic amines) is 1. The third kappa shape index (κ3) is 2.48. The molecule has 0 unspecified atom stereocenters. The van der Waals surface area contributed by atoms with Gasteiger partial charge in [0.25, 0.3) is 0 Å². The first-order valence-electron chi connectivity index (χ1n) is 6.12. The molecule has 1 N–H and O–H groups in total. The maximum atomic E-state index is 9.46. The minimum absolute atomic E-state index is 0.0116. The van der Waals surface area contributed by atoms with Gasteiger partial charge in [-0.1, -0.05) is 0 Å². The van der Waals surface area contributed by atoms with Gasteiger partial charge in [0, 0.05) is 0 Å². The maximum Gasteiger partial charge on any atom is 0.0540 e. The van der Waals surface area contributed by atoms with Crippen LogP contribution < -0.4 is 0 Å². The number of rotatable bonds is 1. The molecular weight excluding hydrogens is 174 g/mol. The Morgan fingerprint density at radius 2 is 1.36 bits per heavy atom. The van der Waals surface area contributed by atoms with Crippen molar-refractivity contribution >= 4 is 0 Å². The molecular formula is C12H23NO. The summed E-state index contributed by atoms with van der Waals surface area (Å²) in [5.41, 5.74) is 0. The van der Waals surface area contributed by atoms with Gasteiger partial charge in [-0.15, -0.1) is 0 Å². The third-order valence-corrected chi connectivity index (χ3v) is 4.17. The quantitative estimate of drug-likeness (QED) is 0.694. The van der Waals surface area contributed by atoms with Gasteiger partial charge < -0.3 is 10.0 Å². The van der Waals surface area contributed by atoms with E-state index in [0.717, 1.165) is 24.7 Å². The minimum Gasteiger partial charge on any atom is -0.393 e. The first-order chi connectivity index (χ1) is 6.75. The van der Waals surface area contributed by atoms with E-state index >= 15 is 0 Å². The molecule has 1 saturated carbocycles. The molecule has 0 aromatic heterocycles. The highest BCUT2D eigenvalue weighted by atomic mass is 16.3. The lowest BCUT2D eigenvalue weighted by Crippen LogP contribution is -2.35. The molecule has 0 spiro atoms. The average Bonchev–Trinajstić information content (AvgIpc) is 2.21. The van der Waals surface area contributed by atoms with Gasteiger partial charge >= 0.3 is 0 Å². The highest BCUT2D eigenvalue weighted by Gasteiger charge is 2.28. The standard InChI is InChI=1S/C12H23NO/c1-13-8-6-11(7-9-13)10-2-4-12(14)5-3-10/h10-12,14H,2-9H2,1H3. The van der Waals surface area contributed by atoms with Crippen molar-refractivity contribution in [2.24, 2.45) is 11.8 Å². The number of hydrogen-bond donors (Lipinski definition) is 1. The fourth-order valence-corrected chi connectivity index (χ4v) is 3.07. The van der Waals surface area contributed by atoms with Gasteiger partial charge in [0.05, 0.1) is 6.10 Å². The van der Waals surface area contributed by atoms with Gasteiger partial charge in [-0.05, 0) is 70.5 Å². The van der Waals surface area contributed by atoms with E-state index in [2.05, 4.69) is 11.9 Å². The number of aliphatic hydroxyl groups is 1. The molecule has 0 aromatic carbocycles. The second-order valence-electron chi connectivity index (χ2n) is 5.21. The second kappa shape index (κ2) is 4.63. The van der Waals surface area contributed by atoms with Gasteiger partial charge in [-0.25, -0.2) is 0 Å². The summed E-state index contributed by atoms with van der Waals surface area (Å²) in [5, 5.41) is 9.46. The van der Waals surface area contributed by atoms with Crippen LogP contribution in [0.4, 0.5) is 0 Å². The molecule has 0 amide bonds. The molecule has 0 radical (unpaired) electrons. The van der Waals surface area contributed by atoms with Crippen molar-refractivity contribution in [3.05, 3.63) is 0 Å². The van der Waals surface area contributed by atoms with Gasteiger partial charge in [0.15, 0.2) is 0 Å². The lowest BCUT2D eigenvalue weighted by Gasteiger charge is -2.37. The highest BCUT2D eigenvalue weighted by Crippen LogP contribution is 2.35. The molecule has 1 saturated heterocycles. The minimum atomic E-state index is 0.0116. The number of piperidine rings is 1. The zero-order valence-electron chi connectivity index (χ0n) is 9.28. The molecule has 0 bridgehead atoms. The Balaban J connectivity index is 1.78. The summed E-state index contributed by atoms with van der Waals surface area (Å²) >= 11 is 0. The van der Waals surface area contributed by atoms with Crippen molar-refractivity contribution in [3.8, 4) is 0 Å². The fourth-order valence-electron chi connectivity index (χ4n) is 3.07. The topological polar surface area (TPSA) is 23.5 Å². The molecule has 0 atom stereocenters. The average molecular weight is 197 g/mol. The van der Waals surface area contributed by atoms with E-state index in [1.54, 1.807) is 0 Å². The first-order valence-corrected chi connectivity index (χ1v) is 6.12. The summed E-state index contributed by atoms with van der Waals surface area (Å²) in [6.07, 6.45) is 7.44. The van der Waals surface area contributed by atoms with Gasteiger partial charge in [0.2, 0.25) is 0 Å². The van der Waals surface area contributed by atoms with E-state index < -0.39 is 0 Å². The van der Waals surface area contributed by atoms with Crippen LogP contribution in [-0.4, -0.2) is 36.2 Å². The Hall–Kier alpha value is -0.0800. The van der Waals surface area contributed by atoms with Crippen molar-refractivity contribution in [1.82, 2.24) is 4.90 Å². The second-order valence-corrected chi connectivity index (χ2v) is 5.21. The number of hydrogen-bond acceptors (Lipinski definition) is 2. The molecule has 0 aromatic rings. The van der Waals surface area contributed by atoms with Gasteiger partial charge in [-0.2, -0.15) is 0 Å². The Labute approximate surface area is 87.3 Å². The van der Waals surface area contributed by atoms with Crippen molar-refractivity contribution in [1.29, 1.82) is 0 Å². The van der Waals surface area contributed by atoms with Crippen LogP contribution in [0, 0.1) is 11.8 Å². The first kappa shape index (κ1) is 10.4. The van der Waals surface area contributed by atoms with E-state index in [9.17, 15) is 5.11 Å². The van der Waals surface area contributed by atoms with E-state index in [4.69, 9.17) is 0 Å². The molecule has 1 aliphatic heterocycles. The highest BCUT2D eigenvalue weighted by molar-refractivity contribution is 4.81. The van der Waals surface area contributed by atoms with E-state index in [-0.39, 0.29) is 6.10 Å². The summed E-state index contributed by atoms with van der Waals surface area (Å²) in [6, 6.07) is 0. The smallest absolute Gasteiger partial charge is 0.0540 e. The predicted octanol–water partition coefficient (Wildman–Crippen LogP) is 1.88. The lowest BCUT2D eigenvalue weighted by atomic mass is 9.75. The molecule has 2 fully saturated rings. The molecule has 2 heteroatoms. The largest absolute Gasteiger partial charge is 0.393 e. The Morgan fingerprint density at radius 3 is 1.93 bits per heavy atom. The SMILES string of the molecule is CN1CCC(C2CCC(O)CC2)CC1. The van der Waals surface area contributed by atoms with Crippen LogP contribution >= 0.6 is 0 Å². The molecule has 2 aliphatic rings. The van der Waals surface area contributed by atoms with Crippen LogP contribution in [0.15, 0.2) is 0 Å². The van der Waals surface area contributed by atoms with Gasteiger partial charge in [-0.3, -0.25) is 0 Å². The summed E-state index contributed by atoms with van der Waals surface area (Å²) < 4.78 is 0. The molecule has 2 rings (SSSR count). The molecule has 2 nitrogen and oxygen atoms in total. The van der Waals surface area contributed by atoms with Crippen molar-refractivity contribution in [2.75, 3.05) is 20.1 Å². The Bertz CT molecular complexity index is 147. The molecule has 1 heterocycles. The van der Waals surface area contributed by atoms with Crippen LogP contribution in [0.1, 0.15) is 38.5 Å². The predicted molar refractivity (Wildman–Crippen MR) is 58.2 cm³/mol. The van der Waals surface area contributed by atoms with Crippen LogP contribution in [0.5, 0.6) is 0 Å². The van der Waals surface area contributed by atoms with E-state index in [1.165, 1.54) is 38.8 Å². The van der Waals surface area contributed by atoms with Crippen molar-refractivity contribution in [2.45, 2.75) is 44.6 Å². The van der Waals surface area contributed by atoms with Crippen molar-refractivity contribution < 1.29 is 5.11 Å². The molecule has 14 heavy (non-hydrogen) atoms. The number of nitrogens with zero attached hydrogens (tertiary/aromatic N) is 1. The zero-order valence-corrected chi connectivity index (χ0v) is 9.28. The third-order valence-electron chi connectivity index (χ3n) is 4.17. The van der Waals surface area contributed by atoms with E-state index in [1.807, 2.05) is 0 Å². The fraction of sp³-hybridized carbons (Fsp3) is 1.00. The Kier molecular flexibility index (Phi) is 3.45. The van der Waals surface area contributed by atoms with E-state index in [0.29, 0.717) is 0 Å². The summed E-state index contributed by atoms with van der Waals surface area (Å²) in [5.74, 6) is 1.88. The van der Waals surface area contributed by atoms with Crippen LogP contribution in [0.2, 0.25) is 0 Å². The van der Waals surface area contributed by atoms with Crippen LogP contribution in [0.3, 0.4) is 0 Å². The van der Waals surface area contributed by atoms with Gasteiger partial charge in [0.1, 0.15) is 0 Å². The lowest BCUT2D eigenvalue weighted by molar-refractivity contribution is 0.0729. The Morgan fingerprint density at radius 1 is 0.857 bits per heavy atom. The normalized spacial score (nSPS) is 37.3. The maximum absolute atomic E-state index is 9.46.